The molecule has 2 N–H and O–H groups in total. The standard InChI is InChI=1S/C15H28N4O3/c1-15(2,3)22-14(21)18-7-4-17(5-8-18)6-9-19-11-12(16)10-13(19)20/h12H,4-11,16H2,1-3H3. The molecule has 22 heavy (non-hydrogen) atoms. The molecule has 0 bridgehead atoms. The summed E-state index contributed by atoms with van der Waals surface area (Å²) in [5, 5.41) is 0. The van der Waals surface area contributed by atoms with Gasteiger partial charge in [0.2, 0.25) is 5.91 Å². The summed E-state index contributed by atoms with van der Waals surface area (Å²) in [6.45, 7) is 10.8. The van der Waals surface area contributed by atoms with Gasteiger partial charge in [0.1, 0.15) is 5.60 Å². The lowest BCUT2D eigenvalue weighted by Crippen LogP contribution is -2.51. The minimum absolute atomic E-state index is 0.0171. The maximum Gasteiger partial charge on any atom is 0.410 e. The summed E-state index contributed by atoms with van der Waals surface area (Å²) in [5.74, 6) is 0.153. The number of hydrogen-bond donors (Lipinski definition) is 1. The van der Waals surface area contributed by atoms with Crippen molar-refractivity contribution in [2.24, 2.45) is 5.73 Å². The van der Waals surface area contributed by atoms with Crippen molar-refractivity contribution in [3.8, 4) is 0 Å². The SMILES string of the molecule is CC(C)(C)OC(=O)N1CCN(CCN2CC(N)CC2=O)CC1. The lowest BCUT2D eigenvalue weighted by Gasteiger charge is -2.36. The number of piperazine rings is 1. The molecule has 2 aliphatic heterocycles. The van der Waals surface area contributed by atoms with E-state index in [-0.39, 0.29) is 18.0 Å². The molecule has 1 unspecified atom stereocenters. The zero-order valence-electron chi connectivity index (χ0n) is 13.9. The van der Waals surface area contributed by atoms with Crippen molar-refractivity contribution in [2.45, 2.75) is 38.8 Å². The van der Waals surface area contributed by atoms with Crippen LogP contribution in [0.1, 0.15) is 27.2 Å². The largest absolute Gasteiger partial charge is 0.444 e. The fraction of sp³-hybridized carbons (Fsp3) is 0.867. The van der Waals surface area contributed by atoms with Gasteiger partial charge in [-0.05, 0) is 20.8 Å². The summed E-state index contributed by atoms with van der Waals surface area (Å²) in [5.41, 5.74) is 5.34. The van der Waals surface area contributed by atoms with E-state index in [0.717, 1.165) is 26.2 Å². The molecule has 7 nitrogen and oxygen atoms in total. The van der Waals surface area contributed by atoms with Crippen LogP contribution in [0.4, 0.5) is 4.79 Å². The van der Waals surface area contributed by atoms with E-state index < -0.39 is 5.60 Å². The average Bonchev–Trinajstić information content (AvgIpc) is 2.73. The topological polar surface area (TPSA) is 79.1 Å². The van der Waals surface area contributed by atoms with Crippen molar-refractivity contribution in [1.82, 2.24) is 14.7 Å². The molecule has 7 heteroatoms. The van der Waals surface area contributed by atoms with Gasteiger partial charge < -0.3 is 20.3 Å². The number of carbonyl (C=O) groups is 2. The predicted octanol–water partition coefficient (Wildman–Crippen LogP) is 0.0987. The van der Waals surface area contributed by atoms with Crippen LogP contribution in [0.25, 0.3) is 0 Å². The van der Waals surface area contributed by atoms with Gasteiger partial charge >= 0.3 is 6.09 Å². The fourth-order valence-corrected chi connectivity index (χ4v) is 2.76. The number of carbonyl (C=O) groups excluding carboxylic acids is 2. The highest BCUT2D eigenvalue weighted by Gasteiger charge is 2.28. The molecule has 2 aliphatic rings. The molecule has 2 heterocycles. The molecule has 0 radical (unpaired) electrons. The molecule has 0 spiro atoms. The molecule has 2 saturated heterocycles. The van der Waals surface area contributed by atoms with Gasteiger partial charge in [-0.25, -0.2) is 4.79 Å². The third-order valence-electron chi connectivity index (χ3n) is 3.95. The fourth-order valence-electron chi connectivity index (χ4n) is 2.76. The van der Waals surface area contributed by atoms with Gasteiger partial charge in [-0.1, -0.05) is 0 Å². The zero-order chi connectivity index (χ0) is 16.3. The number of nitrogens with two attached hydrogens (primary N) is 1. The quantitative estimate of drug-likeness (QED) is 0.799. The molecule has 0 aromatic carbocycles. The highest BCUT2D eigenvalue weighted by Crippen LogP contribution is 2.13. The Morgan fingerprint density at radius 2 is 1.86 bits per heavy atom. The van der Waals surface area contributed by atoms with Crippen LogP contribution < -0.4 is 5.73 Å². The van der Waals surface area contributed by atoms with E-state index in [2.05, 4.69) is 4.90 Å². The molecule has 0 aliphatic carbocycles. The first-order valence-electron chi connectivity index (χ1n) is 7.98. The number of ether oxygens (including phenoxy) is 1. The van der Waals surface area contributed by atoms with E-state index in [9.17, 15) is 9.59 Å². The molecule has 0 aromatic rings. The minimum Gasteiger partial charge on any atom is -0.444 e. The first-order chi connectivity index (χ1) is 10.2. The number of hydrogen-bond acceptors (Lipinski definition) is 5. The molecular formula is C15H28N4O3. The van der Waals surface area contributed by atoms with Gasteiger partial charge in [0.25, 0.3) is 0 Å². The smallest absolute Gasteiger partial charge is 0.410 e. The number of likely N-dealkylation sites (tertiary alicyclic amines) is 1. The minimum atomic E-state index is -0.455. The first kappa shape index (κ1) is 17.0. The van der Waals surface area contributed by atoms with Crippen molar-refractivity contribution in [2.75, 3.05) is 45.8 Å². The Hall–Kier alpha value is -1.34. The first-order valence-corrected chi connectivity index (χ1v) is 7.98. The molecular weight excluding hydrogens is 284 g/mol. The number of rotatable bonds is 3. The van der Waals surface area contributed by atoms with Gasteiger partial charge in [-0.3, -0.25) is 9.69 Å². The second-order valence-electron chi connectivity index (χ2n) is 7.11. The van der Waals surface area contributed by atoms with E-state index >= 15 is 0 Å². The van der Waals surface area contributed by atoms with Crippen LogP contribution in [0.2, 0.25) is 0 Å². The maximum absolute atomic E-state index is 12.0. The summed E-state index contributed by atoms with van der Waals surface area (Å²) in [4.78, 5) is 29.5. The zero-order valence-corrected chi connectivity index (χ0v) is 13.9. The van der Waals surface area contributed by atoms with Crippen molar-refractivity contribution >= 4 is 12.0 Å². The monoisotopic (exact) mass is 312 g/mol. The Morgan fingerprint density at radius 1 is 1.23 bits per heavy atom. The van der Waals surface area contributed by atoms with E-state index in [1.165, 1.54) is 0 Å². The van der Waals surface area contributed by atoms with E-state index in [4.69, 9.17) is 10.5 Å². The Labute approximate surface area is 132 Å². The lowest BCUT2D eigenvalue weighted by molar-refractivity contribution is -0.127. The average molecular weight is 312 g/mol. The molecule has 2 fully saturated rings. The summed E-state index contributed by atoms with van der Waals surface area (Å²) in [6, 6.07) is -0.0171. The van der Waals surface area contributed by atoms with Gasteiger partial charge in [-0.15, -0.1) is 0 Å². The summed E-state index contributed by atoms with van der Waals surface area (Å²) in [7, 11) is 0. The highest BCUT2D eigenvalue weighted by atomic mass is 16.6. The Morgan fingerprint density at radius 3 is 2.36 bits per heavy atom. The molecule has 2 rings (SSSR count). The van der Waals surface area contributed by atoms with Gasteiger partial charge in [0.05, 0.1) is 0 Å². The normalized spacial score (nSPS) is 24.0. The van der Waals surface area contributed by atoms with Gasteiger partial charge in [-0.2, -0.15) is 0 Å². The van der Waals surface area contributed by atoms with Crippen LogP contribution in [0, 0.1) is 0 Å². The van der Waals surface area contributed by atoms with Crippen molar-refractivity contribution in [3.05, 3.63) is 0 Å². The Balaban J connectivity index is 1.69. The highest BCUT2D eigenvalue weighted by molar-refractivity contribution is 5.79. The van der Waals surface area contributed by atoms with Crippen LogP contribution in [-0.4, -0.2) is 84.2 Å². The second-order valence-corrected chi connectivity index (χ2v) is 7.11. The predicted molar refractivity (Wildman–Crippen MR) is 83.4 cm³/mol. The van der Waals surface area contributed by atoms with E-state index in [0.29, 0.717) is 26.1 Å². The summed E-state index contributed by atoms with van der Waals surface area (Å²) in [6.07, 6.45) is 0.222. The van der Waals surface area contributed by atoms with E-state index in [1.54, 1.807) is 4.90 Å². The maximum atomic E-state index is 12.0. The molecule has 1 atom stereocenters. The second kappa shape index (κ2) is 6.83. The van der Waals surface area contributed by atoms with Crippen molar-refractivity contribution in [3.63, 3.8) is 0 Å². The van der Waals surface area contributed by atoms with Gasteiger partial charge in [0.15, 0.2) is 0 Å². The van der Waals surface area contributed by atoms with Crippen molar-refractivity contribution in [1.29, 1.82) is 0 Å². The Kier molecular flexibility index (Phi) is 5.28. The van der Waals surface area contributed by atoms with Gasteiger partial charge in [0, 0.05) is 58.3 Å². The molecule has 2 amide bonds. The summed E-state index contributed by atoms with van der Waals surface area (Å²) < 4.78 is 5.38. The third-order valence-corrected chi connectivity index (χ3v) is 3.95. The third kappa shape index (κ3) is 4.84. The number of nitrogens with zero attached hydrogens (tertiary/aromatic N) is 3. The molecule has 0 saturated carbocycles. The van der Waals surface area contributed by atoms with Crippen LogP contribution in [0.3, 0.4) is 0 Å². The Bertz CT molecular complexity index is 414. The van der Waals surface area contributed by atoms with Crippen molar-refractivity contribution < 1.29 is 14.3 Å². The number of amides is 2. The van der Waals surface area contributed by atoms with E-state index in [1.807, 2.05) is 25.7 Å². The summed E-state index contributed by atoms with van der Waals surface area (Å²) >= 11 is 0. The molecule has 126 valence electrons. The van der Waals surface area contributed by atoms with Crippen LogP contribution >= 0.6 is 0 Å². The van der Waals surface area contributed by atoms with Crippen LogP contribution in [0.5, 0.6) is 0 Å². The lowest BCUT2D eigenvalue weighted by atomic mass is 10.2. The molecule has 0 aromatic heterocycles. The van der Waals surface area contributed by atoms with Crippen LogP contribution in [-0.2, 0) is 9.53 Å². The van der Waals surface area contributed by atoms with Crippen LogP contribution in [0.15, 0.2) is 0 Å².